The number of nitrogens with zero attached hydrogens (tertiary/aromatic N) is 1. The number of hydrogen-bond donors (Lipinski definition) is 1. The summed E-state index contributed by atoms with van der Waals surface area (Å²) in [5.41, 5.74) is 1.32. The van der Waals surface area contributed by atoms with E-state index in [1.165, 1.54) is 29.2 Å². The molecule has 132 valence electrons. The van der Waals surface area contributed by atoms with Crippen LogP contribution in [0.2, 0.25) is 0 Å². The van der Waals surface area contributed by atoms with Gasteiger partial charge >= 0.3 is 0 Å². The van der Waals surface area contributed by atoms with E-state index in [0.717, 1.165) is 21.8 Å². The van der Waals surface area contributed by atoms with Gasteiger partial charge in [-0.05, 0) is 48.0 Å². The van der Waals surface area contributed by atoms with Crippen LogP contribution in [0, 0.1) is 5.82 Å². The molecule has 2 aromatic rings. The Bertz CT molecular complexity index is 898. The third-order valence-corrected chi connectivity index (χ3v) is 5.38. The summed E-state index contributed by atoms with van der Waals surface area (Å²) in [4.78, 5) is 26.4. The zero-order valence-corrected chi connectivity index (χ0v) is 16.5. The molecule has 1 heterocycles. The van der Waals surface area contributed by atoms with Gasteiger partial charge in [0.05, 0.1) is 4.91 Å². The highest BCUT2D eigenvalue weighted by Crippen LogP contribution is 2.32. The maximum Gasteiger partial charge on any atom is 0.266 e. The number of halogens is 2. The minimum atomic E-state index is -0.405. The second kappa shape index (κ2) is 8.11. The van der Waals surface area contributed by atoms with Crippen LogP contribution in [-0.2, 0) is 9.59 Å². The van der Waals surface area contributed by atoms with Gasteiger partial charge in [-0.15, -0.1) is 0 Å². The highest BCUT2D eigenvalue weighted by Gasteiger charge is 2.33. The third-order valence-electron chi connectivity index (χ3n) is 3.47. The monoisotopic (exact) mass is 450 g/mol. The van der Waals surface area contributed by atoms with Crippen LogP contribution in [0.15, 0.2) is 57.9 Å². The Morgan fingerprint density at radius 2 is 1.85 bits per heavy atom. The minimum Gasteiger partial charge on any atom is -0.325 e. The molecule has 8 heteroatoms. The summed E-state index contributed by atoms with van der Waals surface area (Å²) in [5, 5.41) is 2.61. The third kappa shape index (κ3) is 4.57. The summed E-state index contributed by atoms with van der Waals surface area (Å²) in [6.45, 7) is -0.195. The normalized spacial score (nSPS) is 15.6. The number of carbonyl (C=O) groups excluding carboxylic acids is 2. The molecule has 2 amide bonds. The first kappa shape index (κ1) is 18.8. The van der Waals surface area contributed by atoms with Crippen molar-refractivity contribution in [2.24, 2.45) is 0 Å². The second-order valence-electron chi connectivity index (χ2n) is 5.37. The lowest BCUT2D eigenvalue weighted by atomic mass is 10.2. The van der Waals surface area contributed by atoms with Crippen molar-refractivity contribution >= 4 is 67.8 Å². The standard InChI is InChI=1S/C18H12BrFN2O2S2/c19-12-3-1-11(2-4-12)9-15-17(24)22(18(25)26-15)10-16(23)21-14-7-5-13(20)6-8-14/h1-9H,10H2,(H,21,23)/b15-9-. The molecule has 1 N–H and O–H groups in total. The molecular formula is C18H12BrFN2O2S2. The lowest BCUT2D eigenvalue weighted by Crippen LogP contribution is -2.36. The van der Waals surface area contributed by atoms with Crippen LogP contribution >= 0.6 is 39.9 Å². The van der Waals surface area contributed by atoms with Crippen molar-refractivity contribution < 1.29 is 14.0 Å². The number of hydrogen-bond acceptors (Lipinski definition) is 4. The Morgan fingerprint density at radius 1 is 1.19 bits per heavy atom. The summed E-state index contributed by atoms with van der Waals surface area (Å²) in [5.74, 6) is -1.10. The zero-order valence-electron chi connectivity index (χ0n) is 13.2. The highest BCUT2D eigenvalue weighted by atomic mass is 79.9. The van der Waals surface area contributed by atoms with Crippen LogP contribution in [0.1, 0.15) is 5.56 Å². The van der Waals surface area contributed by atoms with E-state index in [4.69, 9.17) is 12.2 Å². The fourth-order valence-corrected chi connectivity index (χ4v) is 3.74. The van der Waals surface area contributed by atoms with E-state index in [1.54, 1.807) is 6.08 Å². The van der Waals surface area contributed by atoms with E-state index >= 15 is 0 Å². The van der Waals surface area contributed by atoms with E-state index in [9.17, 15) is 14.0 Å². The lowest BCUT2D eigenvalue weighted by Gasteiger charge is -2.14. The number of thioether (sulfide) groups is 1. The van der Waals surface area contributed by atoms with Gasteiger partial charge in [0.25, 0.3) is 5.91 Å². The van der Waals surface area contributed by atoms with Crippen molar-refractivity contribution in [1.82, 2.24) is 4.90 Å². The topological polar surface area (TPSA) is 49.4 Å². The number of rotatable bonds is 4. The van der Waals surface area contributed by atoms with Gasteiger partial charge in [0.15, 0.2) is 0 Å². The van der Waals surface area contributed by atoms with Gasteiger partial charge in [-0.2, -0.15) is 0 Å². The molecule has 4 nitrogen and oxygen atoms in total. The molecule has 0 saturated carbocycles. The molecule has 26 heavy (non-hydrogen) atoms. The number of benzene rings is 2. The predicted molar refractivity (Wildman–Crippen MR) is 109 cm³/mol. The van der Waals surface area contributed by atoms with Crippen LogP contribution in [0.3, 0.4) is 0 Å². The van der Waals surface area contributed by atoms with E-state index in [-0.39, 0.29) is 12.5 Å². The molecule has 2 aromatic carbocycles. The molecule has 1 saturated heterocycles. The fourth-order valence-electron chi connectivity index (χ4n) is 2.22. The van der Waals surface area contributed by atoms with Gasteiger partial charge in [-0.25, -0.2) is 4.39 Å². The number of anilines is 1. The lowest BCUT2D eigenvalue weighted by molar-refractivity contribution is -0.126. The molecule has 0 radical (unpaired) electrons. The first-order valence-electron chi connectivity index (χ1n) is 7.49. The Kier molecular flexibility index (Phi) is 5.85. The first-order valence-corrected chi connectivity index (χ1v) is 9.50. The van der Waals surface area contributed by atoms with E-state index < -0.39 is 11.7 Å². The average molecular weight is 451 g/mol. The van der Waals surface area contributed by atoms with Crippen LogP contribution in [0.5, 0.6) is 0 Å². The van der Waals surface area contributed by atoms with Gasteiger partial charge in [-0.3, -0.25) is 14.5 Å². The van der Waals surface area contributed by atoms with Crippen LogP contribution in [0.4, 0.5) is 10.1 Å². The molecular weight excluding hydrogens is 439 g/mol. The second-order valence-corrected chi connectivity index (χ2v) is 7.97. The molecule has 1 aliphatic heterocycles. The number of carbonyl (C=O) groups is 2. The molecule has 3 rings (SSSR count). The Labute approximate surface area is 167 Å². The largest absolute Gasteiger partial charge is 0.325 e. The first-order chi connectivity index (χ1) is 12.4. The smallest absolute Gasteiger partial charge is 0.266 e. The van der Waals surface area contributed by atoms with Crippen LogP contribution in [0.25, 0.3) is 6.08 Å². The molecule has 1 fully saturated rings. The van der Waals surface area contributed by atoms with Crippen molar-refractivity contribution in [3.63, 3.8) is 0 Å². The van der Waals surface area contributed by atoms with Crippen molar-refractivity contribution in [3.8, 4) is 0 Å². The van der Waals surface area contributed by atoms with Crippen LogP contribution in [-0.4, -0.2) is 27.6 Å². The summed E-state index contributed by atoms with van der Waals surface area (Å²) < 4.78 is 14.2. The number of nitrogens with one attached hydrogen (secondary N) is 1. The van der Waals surface area contributed by atoms with Crippen molar-refractivity contribution in [2.75, 3.05) is 11.9 Å². The van der Waals surface area contributed by atoms with Crippen LogP contribution < -0.4 is 5.32 Å². The summed E-state index contributed by atoms with van der Waals surface area (Å²) >= 11 is 9.74. The SMILES string of the molecule is O=C(CN1C(=O)/C(=C/c2ccc(Br)cc2)SC1=S)Nc1ccc(F)cc1. The number of amides is 2. The van der Waals surface area contributed by atoms with Gasteiger partial charge in [0, 0.05) is 10.2 Å². The van der Waals surface area contributed by atoms with Gasteiger partial charge in [-0.1, -0.05) is 52.0 Å². The zero-order chi connectivity index (χ0) is 18.7. The van der Waals surface area contributed by atoms with Crippen molar-refractivity contribution in [2.45, 2.75) is 0 Å². The summed E-state index contributed by atoms with van der Waals surface area (Å²) in [6.07, 6.45) is 1.74. The van der Waals surface area contributed by atoms with Gasteiger partial charge in [0.2, 0.25) is 5.91 Å². The van der Waals surface area contributed by atoms with E-state index in [0.29, 0.717) is 14.9 Å². The minimum absolute atomic E-state index is 0.195. The number of thiocarbonyl (C=S) groups is 1. The molecule has 1 aliphatic rings. The molecule has 0 aromatic heterocycles. The Morgan fingerprint density at radius 3 is 2.50 bits per heavy atom. The Balaban J connectivity index is 1.67. The molecule has 0 spiro atoms. The van der Waals surface area contributed by atoms with Gasteiger partial charge in [0.1, 0.15) is 16.7 Å². The molecule has 0 unspecified atom stereocenters. The van der Waals surface area contributed by atoms with Crippen molar-refractivity contribution in [3.05, 3.63) is 69.3 Å². The summed E-state index contributed by atoms with van der Waals surface area (Å²) in [6, 6.07) is 12.9. The highest BCUT2D eigenvalue weighted by molar-refractivity contribution is 9.10. The Hall–Kier alpha value is -2.03. The van der Waals surface area contributed by atoms with E-state index in [1.807, 2.05) is 24.3 Å². The molecule has 0 atom stereocenters. The predicted octanol–water partition coefficient (Wildman–Crippen LogP) is 4.43. The molecule has 0 aliphatic carbocycles. The van der Waals surface area contributed by atoms with Gasteiger partial charge < -0.3 is 5.32 Å². The average Bonchev–Trinajstić information content (AvgIpc) is 2.86. The van der Waals surface area contributed by atoms with Crippen molar-refractivity contribution in [1.29, 1.82) is 0 Å². The fraction of sp³-hybridized carbons (Fsp3) is 0.0556. The quantitative estimate of drug-likeness (QED) is 0.552. The summed E-state index contributed by atoms with van der Waals surface area (Å²) in [7, 11) is 0. The molecule has 0 bridgehead atoms. The maximum absolute atomic E-state index is 12.9. The van der Waals surface area contributed by atoms with E-state index in [2.05, 4.69) is 21.2 Å². The maximum atomic E-state index is 12.9.